The number of nitrogens with one attached hydrogen (secondary N) is 1. The van der Waals surface area contributed by atoms with Crippen LogP contribution in [0.15, 0.2) is 4.99 Å². The Kier molecular flexibility index (Phi) is 4.18. The van der Waals surface area contributed by atoms with E-state index in [9.17, 15) is 15.4 Å². The Morgan fingerprint density at radius 3 is 2.68 bits per heavy atom. The summed E-state index contributed by atoms with van der Waals surface area (Å²) in [4.78, 5) is 5.13. The van der Waals surface area contributed by atoms with Gasteiger partial charge in [-0.25, -0.2) is 5.06 Å². The van der Waals surface area contributed by atoms with Crippen LogP contribution in [-0.2, 0) is 4.74 Å². The first-order valence-electron chi connectivity index (χ1n) is 5.63. The summed E-state index contributed by atoms with van der Waals surface area (Å²) in [5, 5.41) is 41.9. The van der Waals surface area contributed by atoms with Crippen LogP contribution in [0.1, 0.15) is 0 Å². The topological polar surface area (TPSA) is 121 Å². The van der Waals surface area contributed by atoms with Gasteiger partial charge in [-0.15, -0.1) is 0 Å². The Bertz CT molecular complexity index is 395. The van der Waals surface area contributed by atoms with E-state index in [1.807, 2.05) is 0 Å². The molecule has 0 radical (unpaired) electrons. The summed E-state index contributed by atoms with van der Waals surface area (Å²) >= 11 is 5.09. The van der Waals surface area contributed by atoms with E-state index in [2.05, 4.69) is 10.3 Å². The Hall–Kier alpha value is -1.04. The lowest BCUT2D eigenvalue weighted by molar-refractivity contribution is -0.123. The fourth-order valence-corrected chi connectivity index (χ4v) is 2.27. The summed E-state index contributed by atoms with van der Waals surface area (Å²) in [7, 11) is 1.48. The third-order valence-electron chi connectivity index (χ3n) is 3.05. The molecule has 0 amide bonds. The van der Waals surface area contributed by atoms with Gasteiger partial charge in [-0.1, -0.05) is 0 Å². The van der Waals surface area contributed by atoms with Crippen LogP contribution in [0.3, 0.4) is 0 Å². The molecule has 0 aromatic rings. The van der Waals surface area contributed by atoms with Crippen molar-refractivity contribution in [1.29, 1.82) is 0 Å². The SMILES string of the molecule is CN=C1NC(=S)N([C@@H]2O[C@H](CO)C(O)C2O)CN1O. The Balaban J connectivity index is 2.12. The maximum atomic E-state index is 9.89. The molecule has 19 heavy (non-hydrogen) atoms. The predicted molar refractivity (Wildman–Crippen MR) is 67.2 cm³/mol. The molecule has 4 atom stereocenters. The third-order valence-corrected chi connectivity index (χ3v) is 3.38. The van der Waals surface area contributed by atoms with E-state index < -0.39 is 31.1 Å². The van der Waals surface area contributed by atoms with E-state index in [0.29, 0.717) is 0 Å². The van der Waals surface area contributed by atoms with E-state index in [-0.39, 0.29) is 17.7 Å². The largest absolute Gasteiger partial charge is 0.394 e. The molecule has 2 aliphatic heterocycles. The van der Waals surface area contributed by atoms with E-state index in [1.54, 1.807) is 0 Å². The number of ether oxygens (including phenoxy) is 1. The van der Waals surface area contributed by atoms with Crippen LogP contribution in [-0.4, -0.2) is 86.4 Å². The van der Waals surface area contributed by atoms with Crippen molar-refractivity contribution < 1.29 is 25.3 Å². The van der Waals surface area contributed by atoms with Crippen molar-refractivity contribution in [3.63, 3.8) is 0 Å². The second kappa shape index (κ2) is 5.53. The van der Waals surface area contributed by atoms with Gasteiger partial charge in [0.25, 0.3) is 0 Å². The highest BCUT2D eigenvalue weighted by Crippen LogP contribution is 2.25. The first-order chi connectivity index (χ1) is 8.99. The van der Waals surface area contributed by atoms with Gasteiger partial charge in [0.05, 0.1) is 6.61 Å². The van der Waals surface area contributed by atoms with Crippen molar-refractivity contribution in [1.82, 2.24) is 15.3 Å². The van der Waals surface area contributed by atoms with E-state index >= 15 is 0 Å². The summed E-state index contributed by atoms with van der Waals surface area (Å²) in [6, 6.07) is 0. The number of rotatable bonds is 2. The lowest BCUT2D eigenvalue weighted by atomic mass is 10.1. The molecule has 2 unspecified atom stereocenters. The molecule has 2 aliphatic rings. The lowest BCUT2D eigenvalue weighted by Crippen LogP contribution is -2.63. The summed E-state index contributed by atoms with van der Waals surface area (Å²) in [6.07, 6.45) is -4.31. The maximum Gasteiger partial charge on any atom is 0.226 e. The minimum atomic E-state index is -1.24. The summed E-state index contributed by atoms with van der Waals surface area (Å²) in [5.41, 5.74) is 0. The van der Waals surface area contributed by atoms with Gasteiger partial charge in [0.1, 0.15) is 25.0 Å². The van der Waals surface area contributed by atoms with Gasteiger partial charge in [0.2, 0.25) is 5.96 Å². The molecular formula is C9H16N4O5S. The first-order valence-corrected chi connectivity index (χ1v) is 6.03. The quantitative estimate of drug-likeness (QED) is 0.345. The highest BCUT2D eigenvalue weighted by molar-refractivity contribution is 7.80. The molecule has 2 fully saturated rings. The van der Waals surface area contributed by atoms with Crippen LogP contribution < -0.4 is 5.32 Å². The van der Waals surface area contributed by atoms with Gasteiger partial charge in [-0.05, 0) is 12.2 Å². The molecule has 0 aliphatic carbocycles. The van der Waals surface area contributed by atoms with Crippen LogP contribution in [0.4, 0.5) is 0 Å². The predicted octanol–water partition coefficient (Wildman–Crippen LogP) is -2.75. The van der Waals surface area contributed by atoms with Crippen LogP contribution in [0.25, 0.3) is 0 Å². The number of aliphatic hydroxyl groups excluding tert-OH is 3. The molecule has 5 N–H and O–H groups in total. The molecule has 9 nitrogen and oxygen atoms in total. The van der Waals surface area contributed by atoms with Crippen molar-refractivity contribution in [3.8, 4) is 0 Å². The van der Waals surface area contributed by atoms with Gasteiger partial charge in [-0.3, -0.25) is 10.2 Å². The molecule has 0 saturated carbocycles. The average Bonchev–Trinajstić information content (AvgIpc) is 2.68. The van der Waals surface area contributed by atoms with Crippen LogP contribution in [0.2, 0.25) is 0 Å². The molecule has 2 saturated heterocycles. The van der Waals surface area contributed by atoms with Crippen LogP contribution in [0.5, 0.6) is 0 Å². The zero-order valence-electron chi connectivity index (χ0n) is 10.2. The maximum absolute atomic E-state index is 9.89. The van der Waals surface area contributed by atoms with Gasteiger partial charge >= 0.3 is 0 Å². The molecule has 0 spiro atoms. The molecule has 2 heterocycles. The standard InChI is InChI=1S/C9H16N4O5S/c1-10-8-11-9(19)12(3-13(8)17)7-6(16)5(15)4(2-14)18-7/h4-7,14-17H,2-3H2,1H3,(H,10,11,19)/t4-,5?,6?,7-/m1/s1. The first kappa shape index (κ1) is 14.4. The second-order valence-corrected chi connectivity index (χ2v) is 4.60. The minimum Gasteiger partial charge on any atom is -0.394 e. The summed E-state index contributed by atoms with van der Waals surface area (Å²) in [6.45, 7) is -0.502. The number of nitrogens with zero attached hydrogens (tertiary/aromatic N) is 3. The van der Waals surface area contributed by atoms with E-state index in [0.717, 1.165) is 5.06 Å². The number of thiocarbonyl (C=S) groups is 1. The number of guanidine groups is 1. The van der Waals surface area contributed by atoms with E-state index in [4.69, 9.17) is 22.1 Å². The molecule has 0 bridgehead atoms. The lowest BCUT2D eigenvalue weighted by Gasteiger charge is -2.39. The van der Waals surface area contributed by atoms with Gasteiger partial charge in [0, 0.05) is 7.05 Å². The smallest absolute Gasteiger partial charge is 0.226 e. The molecule has 2 rings (SSSR count). The number of hydroxylamine groups is 2. The van der Waals surface area contributed by atoms with Gasteiger partial charge in [-0.2, -0.15) is 0 Å². The van der Waals surface area contributed by atoms with Crippen LogP contribution >= 0.6 is 12.2 Å². The minimum absolute atomic E-state index is 0.0783. The van der Waals surface area contributed by atoms with Crippen molar-refractivity contribution in [2.24, 2.45) is 4.99 Å². The Morgan fingerprint density at radius 2 is 2.16 bits per heavy atom. The monoisotopic (exact) mass is 292 g/mol. The highest BCUT2D eigenvalue weighted by atomic mass is 32.1. The van der Waals surface area contributed by atoms with Crippen molar-refractivity contribution >= 4 is 23.3 Å². The van der Waals surface area contributed by atoms with E-state index in [1.165, 1.54) is 11.9 Å². The normalized spacial score (nSPS) is 37.9. The summed E-state index contributed by atoms with van der Waals surface area (Å²) in [5.74, 6) is 0.174. The molecule has 108 valence electrons. The molecular weight excluding hydrogens is 276 g/mol. The Morgan fingerprint density at radius 1 is 1.47 bits per heavy atom. The molecule has 10 heteroatoms. The molecule has 0 aromatic carbocycles. The zero-order chi connectivity index (χ0) is 14.2. The number of hydrogen-bond donors (Lipinski definition) is 5. The average molecular weight is 292 g/mol. The van der Waals surface area contributed by atoms with Crippen LogP contribution in [0, 0.1) is 0 Å². The van der Waals surface area contributed by atoms with Crippen molar-refractivity contribution in [2.45, 2.75) is 24.5 Å². The zero-order valence-corrected chi connectivity index (χ0v) is 11.0. The van der Waals surface area contributed by atoms with Gasteiger partial charge in [0.15, 0.2) is 11.3 Å². The van der Waals surface area contributed by atoms with Gasteiger partial charge < -0.3 is 30.3 Å². The Labute approximate surface area is 114 Å². The fraction of sp³-hybridized carbons (Fsp3) is 0.778. The highest BCUT2D eigenvalue weighted by Gasteiger charge is 2.47. The second-order valence-electron chi connectivity index (χ2n) is 4.22. The van der Waals surface area contributed by atoms with Crippen molar-refractivity contribution in [2.75, 3.05) is 20.3 Å². The third kappa shape index (κ3) is 2.50. The number of hydrogen-bond acceptors (Lipinski definition) is 7. The summed E-state index contributed by atoms with van der Waals surface area (Å²) < 4.78 is 5.33. The number of aliphatic hydroxyl groups is 3. The number of aliphatic imine (C=N–C) groups is 1. The molecule has 0 aromatic heterocycles. The van der Waals surface area contributed by atoms with Crippen molar-refractivity contribution in [3.05, 3.63) is 0 Å². The fourth-order valence-electron chi connectivity index (χ4n) is 2.01.